The van der Waals surface area contributed by atoms with Gasteiger partial charge in [0.1, 0.15) is 0 Å². The van der Waals surface area contributed by atoms with Crippen LogP contribution in [0.4, 0.5) is 0 Å². The molecule has 25 heavy (non-hydrogen) atoms. The summed E-state index contributed by atoms with van der Waals surface area (Å²) in [5, 5.41) is 0. The lowest BCUT2D eigenvalue weighted by Crippen LogP contribution is -2.55. The third-order valence-electron chi connectivity index (χ3n) is 8.11. The normalized spacial score (nSPS) is 38.1. The molecule has 1 heterocycles. The molecule has 6 rings (SSSR count). The molecule has 4 aliphatic rings. The van der Waals surface area contributed by atoms with Crippen molar-refractivity contribution in [3.63, 3.8) is 0 Å². The highest BCUT2D eigenvalue weighted by Crippen LogP contribution is 2.67. The maximum absolute atomic E-state index is 2.42. The first kappa shape index (κ1) is 14.9. The Kier molecular flexibility index (Phi) is 3.08. The summed E-state index contributed by atoms with van der Waals surface area (Å²) < 4.78 is 0. The first-order valence-corrected chi connectivity index (χ1v) is 11.1. The van der Waals surface area contributed by atoms with Gasteiger partial charge in [0, 0.05) is 0 Å². The largest absolute Gasteiger partial charge is 0.161 e. The van der Waals surface area contributed by atoms with E-state index in [0.717, 1.165) is 11.8 Å². The second-order valence-corrected chi connectivity index (χ2v) is 10.3. The summed E-state index contributed by atoms with van der Waals surface area (Å²) >= 11 is 2.27. The molecule has 0 nitrogen and oxygen atoms in total. The average molecular weight is 347 g/mol. The lowest BCUT2D eigenvalue weighted by atomic mass is 9.45. The van der Waals surface area contributed by atoms with E-state index >= 15 is 0 Å². The zero-order valence-electron chi connectivity index (χ0n) is 14.8. The molecule has 0 radical (unpaired) electrons. The molecule has 0 bridgehead atoms. The third kappa shape index (κ3) is 2.02. The van der Waals surface area contributed by atoms with Gasteiger partial charge in [0.15, 0.2) is 0 Å². The summed E-state index contributed by atoms with van der Waals surface area (Å²) in [6, 6.07) is 18.6. The summed E-state index contributed by atoms with van der Waals surface area (Å²) in [7, 11) is 0. The standard InChI is InChI=1S/C24H26S/c1-2-6-18-10-22-14-24-12-20-8-4-3-7-19(20)11-23(24,15-25-16-24)13-21(22)9-17(18)5-1/h1-8,21-22H,9-16H2/t21-,22-,23-,24+/m0/s1. The second kappa shape index (κ2) is 5.16. The van der Waals surface area contributed by atoms with Gasteiger partial charge in [-0.2, -0.15) is 11.8 Å². The molecule has 0 N–H and O–H groups in total. The van der Waals surface area contributed by atoms with Gasteiger partial charge in [0.25, 0.3) is 0 Å². The van der Waals surface area contributed by atoms with Crippen LogP contribution in [0.1, 0.15) is 35.1 Å². The fourth-order valence-electron chi connectivity index (χ4n) is 6.89. The van der Waals surface area contributed by atoms with E-state index in [2.05, 4.69) is 60.3 Å². The number of hydrogen-bond acceptors (Lipinski definition) is 1. The van der Waals surface area contributed by atoms with E-state index in [0.29, 0.717) is 10.8 Å². The van der Waals surface area contributed by atoms with E-state index in [9.17, 15) is 0 Å². The summed E-state index contributed by atoms with van der Waals surface area (Å²) in [5.41, 5.74) is 7.79. The van der Waals surface area contributed by atoms with Crippen LogP contribution in [-0.2, 0) is 25.7 Å². The van der Waals surface area contributed by atoms with Gasteiger partial charge in [0.05, 0.1) is 0 Å². The molecule has 4 atom stereocenters. The predicted molar refractivity (Wildman–Crippen MR) is 106 cm³/mol. The quantitative estimate of drug-likeness (QED) is 0.621. The zero-order valence-corrected chi connectivity index (χ0v) is 15.7. The molecule has 1 heteroatoms. The molecule has 1 aliphatic heterocycles. The van der Waals surface area contributed by atoms with Crippen molar-refractivity contribution in [2.75, 3.05) is 11.5 Å². The van der Waals surface area contributed by atoms with Crippen LogP contribution in [0.15, 0.2) is 48.5 Å². The van der Waals surface area contributed by atoms with E-state index in [1.165, 1.54) is 50.0 Å². The van der Waals surface area contributed by atoms with Crippen molar-refractivity contribution in [3.05, 3.63) is 70.8 Å². The van der Waals surface area contributed by atoms with Gasteiger partial charge in [0.2, 0.25) is 0 Å². The fourth-order valence-corrected chi connectivity index (χ4v) is 8.82. The van der Waals surface area contributed by atoms with Gasteiger partial charge in [-0.1, -0.05) is 48.5 Å². The molecule has 0 amide bonds. The van der Waals surface area contributed by atoms with Gasteiger partial charge in [-0.3, -0.25) is 0 Å². The van der Waals surface area contributed by atoms with Crippen LogP contribution >= 0.6 is 11.8 Å². The minimum absolute atomic E-state index is 0.583. The van der Waals surface area contributed by atoms with E-state index in [1.54, 1.807) is 22.3 Å². The Morgan fingerprint density at radius 3 is 1.56 bits per heavy atom. The van der Waals surface area contributed by atoms with Crippen LogP contribution in [0, 0.1) is 22.7 Å². The molecule has 128 valence electrons. The van der Waals surface area contributed by atoms with Gasteiger partial charge in [-0.25, -0.2) is 0 Å². The highest BCUT2D eigenvalue weighted by molar-refractivity contribution is 7.99. The van der Waals surface area contributed by atoms with Crippen molar-refractivity contribution in [2.24, 2.45) is 22.7 Å². The first-order valence-electron chi connectivity index (χ1n) is 9.98. The van der Waals surface area contributed by atoms with Crippen molar-refractivity contribution in [3.8, 4) is 0 Å². The van der Waals surface area contributed by atoms with E-state index < -0.39 is 0 Å². The monoisotopic (exact) mass is 346 g/mol. The summed E-state index contributed by atoms with van der Waals surface area (Å²) in [6.07, 6.45) is 8.33. The van der Waals surface area contributed by atoms with E-state index in [-0.39, 0.29) is 0 Å². The molecule has 2 aromatic carbocycles. The Balaban J connectivity index is 1.42. The summed E-state index contributed by atoms with van der Waals surface area (Å²) in [4.78, 5) is 0. The zero-order chi connectivity index (χ0) is 16.5. The Bertz CT molecular complexity index is 771. The van der Waals surface area contributed by atoms with Crippen molar-refractivity contribution in [1.82, 2.24) is 0 Å². The summed E-state index contributed by atoms with van der Waals surface area (Å²) in [5.74, 6) is 4.66. The molecule has 2 aromatic rings. The Labute approximate surface area is 155 Å². The SMILES string of the molecule is c1ccc2c(c1)C[C@H]1C[C@@]34CSC[C@@]3(Cc3ccccc3C4)C[C@@H]1C2. The highest BCUT2D eigenvalue weighted by Gasteiger charge is 2.61. The third-order valence-corrected chi connectivity index (χ3v) is 9.63. The molecule has 0 spiro atoms. The van der Waals surface area contributed by atoms with E-state index in [4.69, 9.17) is 0 Å². The average Bonchev–Trinajstić information content (AvgIpc) is 2.99. The molecule has 2 fully saturated rings. The molecular weight excluding hydrogens is 320 g/mol. The van der Waals surface area contributed by atoms with Gasteiger partial charge >= 0.3 is 0 Å². The van der Waals surface area contributed by atoms with Crippen LogP contribution in [0.3, 0.4) is 0 Å². The molecule has 3 aliphatic carbocycles. The van der Waals surface area contributed by atoms with Crippen LogP contribution < -0.4 is 0 Å². The number of benzene rings is 2. The van der Waals surface area contributed by atoms with Crippen molar-refractivity contribution in [2.45, 2.75) is 38.5 Å². The number of fused-ring (bicyclic) bond motifs is 3. The Morgan fingerprint density at radius 2 is 1.08 bits per heavy atom. The lowest BCUT2D eigenvalue weighted by Gasteiger charge is -2.58. The smallest absolute Gasteiger partial charge is 0.000156 e. The van der Waals surface area contributed by atoms with Gasteiger partial charge in [-0.15, -0.1) is 0 Å². The highest BCUT2D eigenvalue weighted by atomic mass is 32.2. The Morgan fingerprint density at radius 1 is 0.640 bits per heavy atom. The molecule has 0 aromatic heterocycles. The van der Waals surface area contributed by atoms with Crippen LogP contribution in [0.25, 0.3) is 0 Å². The van der Waals surface area contributed by atoms with Crippen LogP contribution in [0.5, 0.6) is 0 Å². The van der Waals surface area contributed by atoms with Crippen molar-refractivity contribution < 1.29 is 0 Å². The maximum atomic E-state index is 2.42. The minimum Gasteiger partial charge on any atom is -0.161 e. The summed E-state index contributed by atoms with van der Waals surface area (Å²) in [6.45, 7) is 0. The lowest BCUT2D eigenvalue weighted by molar-refractivity contribution is -0.0388. The molecular formula is C24H26S. The number of rotatable bonds is 0. The number of hydrogen-bond donors (Lipinski definition) is 0. The number of thioether (sulfide) groups is 1. The van der Waals surface area contributed by atoms with Gasteiger partial charge in [-0.05, 0) is 95.0 Å². The van der Waals surface area contributed by atoms with Crippen molar-refractivity contribution in [1.29, 1.82) is 0 Å². The van der Waals surface area contributed by atoms with Crippen molar-refractivity contribution >= 4 is 11.8 Å². The van der Waals surface area contributed by atoms with E-state index in [1.807, 2.05) is 0 Å². The predicted octanol–water partition coefficient (Wildman–Crippen LogP) is 5.33. The van der Waals surface area contributed by atoms with Crippen LogP contribution in [-0.4, -0.2) is 11.5 Å². The second-order valence-electron chi connectivity index (χ2n) is 9.28. The maximum Gasteiger partial charge on any atom is -0.000156 e. The molecule has 1 saturated carbocycles. The first-order chi connectivity index (χ1) is 12.3. The molecule has 0 unspecified atom stereocenters. The Hall–Kier alpha value is -1.21. The van der Waals surface area contributed by atoms with Gasteiger partial charge < -0.3 is 0 Å². The van der Waals surface area contributed by atoms with Crippen LogP contribution in [0.2, 0.25) is 0 Å². The minimum atomic E-state index is 0.583. The topological polar surface area (TPSA) is 0 Å². The molecule has 1 saturated heterocycles. The fraction of sp³-hybridized carbons (Fsp3) is 0.500.